The molecule has 0 radical (unpaired) electrons. The van der Waals surface area contributed by atoms with Crippen LogP contribution in [0.1, 0.15) is 13.0 Å². The zero-order chi connectivity index (χ0) is 12.6. The lowest BCUT2D eigenvalue weighted by atomic mass is 10.3. The van der Waals surface area contributed by atoms with Crippen molar-refractivity contribution in [1.29, 1.82) is 0 Å². The van der Waals surface area contributed by atoms with Gasteiger partial charge in [0.25, 0.3) is 0 Å². The van der Waals surface area contributed by atoms with Crippen molar-refractivity contribution in [2.75, 3.05) is 12.0 Å². The quantitative estimate of drug-likeness (QED) is 0.872. The number of fused-ring (bicyclic) bond motifs is 1. The summed E-state index contributed by atoms with van der Waals surface area (Å²) in [6.07, 6.45) is 1.65. The van der Waals surface area contributed by atoms with Gasteiger partial charge in [0.15, 0.2) is 4.77 Å². The molecule has 0 aliphatic rings. The van der Waals surface area contributed by atoms with Crippen molar-refractivity contribution in [2.24, 2.45) is 0 Å². The number of aromatic amines is 1. The van der Waals surface area contributed by atoms with Gasteiger partial charge in [-0.2, -0.15) is 0 Å². The second-order valence-corrected chi connectivity index (χ2v) is 5.92. The molecule has 0 saturated heterocycles. The molecule has 1 aromatic carbocycles. The van der Waals surface area contributed by atoms with E-state index in [1.54, 1.807) is 12.3 Å². The van der Waals surface area contributed by atoms with Crippen LogP contribution in [0.15, 0.2) is 18.2 Å². The summed E-state index contributed by atoms with van der Waals surface area (Å²) in [5.41, 5.74) is 1.51. The molecular weight excluding hydrogens is 259 g/mol. The lowest BCUT2D eigenvalue weighted by molar-refractivity contribution is 0.600. The van der Waals surface area contributed by atoms with Crippen LogP contribution in [0.5, 0.6) is 0 Å². The molecule has 92 valence electrons. The number of nitrogens with one attached hydrogen (secondary N) is 1. The topological polar surface area (TPSA) is 37.8 Å². The third kappa shape index (κ3) is 2.47. The van der Waals surface area contributed by atoms with E-state index in [1.807, 2.05) is 11.5 Å². The SMILES string of the molecule is CC(CS(C)=O)n1c(=S)[nH]c2ccc(F)cc21. The molecule has 2 rings (SSSR count). The van der Waals surface area contributed by atoms with E-state index in [1.165, 1.54) is 12.1 Å². The van der Waals surface area contributed by atoms with E-state index >= 15 is 0 Å². The molecule has 0 fully saturated rings. The van der Waals surface area contributed by atoms with E-state index < -0.39 is 10.8 Å². The summed E-state index contributed by atoms with van der Waals surface area (Å²) >= 11 is 5.21. The van der Waals surface area contributed by atoms with Crippen molar-refractivity contribution >= 4 is 34.1 Å². The Hall–Kier alpha value is -1.01. The van der Waals surface area contributed by atoms with Gasteiger partial charge in [0.1, 0.15) is 5.82 Å². The summed E-state index contributed by atoms with van der Waals surface area (Å²) in [5.74, 6) is 0.197. The number of hydrogen-bond acceptors (Lipinski definition) is 2. The minimum atomic E-state index is -0.912. The maximum Gasteiger partial charge on any atom is 0.178 e. The number of hydrogen-bond donors (Lipinski definition) is 1. The fraction of sp³-hybridized carbons (Fsp3) is 0.364. The maximum absolute atomic E-state index is 13.2. The lowest BCUT2D eigenvalue weighted by Crippen LogP contribution is -2.12. The highest BCUT2D eigenvalue weighted by Gasteiger charge is 2.12. The van der Waals surface area contributed by atoms with E-state index in [2.05, 4.69) is 4.98 Å². The molecule has 0 bridgehead atoms. The lowest BCUT2D eigenvalue weighted by Gasteiger charge is -2.12. The summed E-state index contributed by atoms with van der Waals surface area (Å²) in [4.78, 5) is 3.02. The average Bonchev–Trinajstić information content (AvgIpc) is 2.52. The normalized spacial score (nSPS) is 15.0. The number of H-pyrrole nitrogens is 1. The first-order chi connectivity index (χ1) is 7.99. The van der Waals surface area contributed by atoms with Gasteiger partial charge in [-0.25, -0.2) is 4.39 Å². The van der Waals surface area contributed by atoms with Crippen LogP contribution in [0.25, 0.3) is 11.0 Å². The van der Waals surface area contributed by atoms with E-state index in [9.17, 15) is 8.60 Å². The maximum atomic E-state index is 13.2. The molecule has 1 aromatic heterocycles. The van der Waals surface area contributed by atoms with Crippen LogP contribution in [-0.2, 0) is 10.8 Å². The second kappa shape index (κ2) is 4.70. The Balaban J connectivity index is 2.59. The Morgan fingerprint density at radius 2 is 2.29 bits per heavy atom. The van der Waals surface area contributed by atoms with E-state index in [0.29, 0.717) is 16.0 Å². The summed E-state index contributed by atoms with van der Waals surface area (Å²) in [7, 11) is -0.912. The fourth-order valence-electron chi connectivity index (χ4n) is 1.95. The monoisotopic (exact) mass is 272 g/mol. The number of imidazole rings is 1. The summed E-state index contributed by atoms with van der Waals surface area (Å²) in [6.45, 7) is 1.93. The van der Waals surface area contributed by atoms with Crippen LogP contribution in [0.2, 0.25) is 0 Å². The molecule has 0 saturated carbocycles. The first-order valence-electron chi connectivity index (χ1n) is 5.19. The molecule has 17 heavy (non-hydrogen) atoms. The standard InChI is InChI=1S/C11H13FN2OS2/c1-7(6-17(2)15)14-10-5-8(12)3-4-9(10)13-11(14)16/h3-5,7H,6H2,1-2H3,(H,13,16). The Labute approximate surface area is 106 Å². The van der Waals surface area contributed by atoms with Gasteiger partial charge in [0.05, 0.1) is 11.0 Å². The zero-order valence-electron chi connectivity index (χ0n) is 9.57. The average molecular weight is 272 g/mol. The highest BCUT2D eigenvalue weighted by molar-refractivity contribution is 7.84. The first kappa shape index (κ1) is 12.4. The van der Waals surface area contributed by atoms with Gasteiger partial charge in [-0.05, 0) is 37.3 Å². The third-order valence-electron chi connectivity index (χ3n) is 2.60. The van der Waals surface area contributed by atoms with Crippen molar-refractivity contribution < 1.29 is 8.60 Å². The Morgan fingerprint density at radius 3 is 2.94 bits per heavy atom. The summed E-state index contributed by atoms with van der Waals surface area (Å²) in [6, 6.07) is 4.47. The fourth-order valence-corrected chi connectivity index (χ4v) is 3.16. The van der Waals surface area contributed by atoms with Crippen LogP contribution in [0.3, 0.4) is 0 Å². The minimum absolute atomic E-state index is 0.0242. The highest BCUT2D eigenvalue weighted by atomic mass is 32.2. The van der Waals surface area contributed by atoms with Crippen LogP contribution in [0, 0.1) is 10.6 Å². The molecule has 6 heteroatoms. The minimum Gasteiger partial charge on any atom is -0.331 e. The third-order valence-corrected chi connectivity index (χ3v) is 3.85. The molecule has 1 N–H and O–H groups in total. The van der Waals surface area contributed by atoms with Gasteiger partial charge < -0.3 is 9.55 Å². The van der Waals surface area contributed by atoms with Crippen molar-refractivity contribution in [3.05, 3.63) is 28.8 Å². The largest absolute Gasteiger partial charge is 0.331 e. The summed E-state index contributed by atoms with van der Waals surface area (Å²) in [5, 5.41) is 0. The van der Waals surface area contributed by atoms with Crippen molar-refractivity contribution in [3.63, 3.8) is 0 Å². The smallest absolute Gasteiger partial charge is 0.178 e. The van der Waals surface area contributed by atoms with Gasteiger partial charge in [-0.3, -0.25) is 4.21 Å². The second-order valence-electron chi connectivity index (χ2n) is 4.05. The molecule has 0 amide bonds. The van der Waals surface area contributed by atoms with E-state index in [4.69, 9.17) is 12.2 Å². The van der Waals surface area contributed by atoms with Crippen molar-refractivity contribution in [3.8, 4) is 0 Å². The Morgan fingerprint density at radius 1 is 1.59 bits per heavy atom. The molecule has 2 atom stereocenters. The van der Waals surface area contributed by atoms with Crippen molar-refractivity contribution in [2.45, 2.75) is 13.0 Å². The van der Waals surface area contributed by atoms with E-state index in [-0.39, 0.29) is 11.9 Å². The van der Waals surface area contributed by atoms with Gasteiger partial charge in [-0.1, -0.05) is 0 Å². The Bertz CT molecular complexity index is 632. The molecular formula is C11H13FN2OS2. The molecule has 0 aliphatic heterocycles. The number of aromatic nitrogens is 2. The predicted octanol–water partition coefficient (Wildman–Crippen LogP) is 2.78. The van der Waals surface area contributed by atoms with Crippen LogP contribution >= 0.6 is 12.2 Å². The number of nitrogens with zero attached hydrogens (tertiary/aromatic N) is 1. The first-order valence-corrected chi connectivity index (χ1v) is 7.32. The van der Waals surface area contributed by atoms with Crippen LogP contribution in [0.4, 0.5) is 4.39 Å². The Kier molecular flexibility index (Phi) is 3.44. The molecule has 2 aromatic rings. The van der Waals surface area contributed by atoms with Crippen molar-refractivity contribution in [1.82, 2.24) is 9.55 Å². The van der Waals surface area contributed by atoms with Crippen LogP contribution < -0.4 is 0 Å². The number of rotatable bonds is 3. The zero-order valence-corrected chi connectivity index (χ0v) is 11.2. The highest BCUT2D eigenvalue weighted by Crippen LogP contribution is 2.20. The van der Waals surface area contributed by atoms with Gasteiger partial charge in [0, 0.05) is 28.9 Å². The number of benzene rings is 1. The molecule has 3 nitrogen and oxygen atoms in total. The molecule has 2 unspecified atom stereocenters. The van der Waals surface area contributed by atoms with Gasteiger partial charge in [-0.15, -0.1) is 0 Å². The molecule has 0 spiro atoms. The van der Waals surface area contributed by atoms with Gasteiger partial charge >= 0.3 is 0 Å². The molecule has 1 heterocycles. The van der Waals surface area contributed by atoms with Crippen LogP contribution in [-0.4, -0.2) is 25.8 Å². The summed E-state index contributed by atoms with van der Waals surface area (Å²) < 4.78 is 26.8. The predicted molar refractivity (Wildman–Crippen MR) is 70.7 cm³/mol. The molecule has 0 aliphatic carbocycles. The van der Waals surface area contributed by atoms with E-state index in [0.717, 1.165) is 5.52 Å². The van der Waals surface area contributed by atoms with Gasteiger partial charge in [0.2, 0.25) is 0 Å². The number of halogens is 1.